The van der Waals surface area contributed by atoms with Crippen LogP contribution < -0.4 is 10.1 Å². The van der Waals surface area contributed by atoms with Crippen LogP contribution in [0.5, 0.6) is 11.6 Å². The molecule has 0 radical (unpaired) electrons. The molecular formula is C20H16ClFN2O2. The summed E-state index contributed by atoms with van der Waals surface area (Å²) in [4.78, 5) is 16.2. The van der Waals surface area contributed by atoms with Crippen LogP contribution in [0.15, 0.2) is 66.9 Å². The molecule has 0 spiro atoms. The monoisotopic (exact) mass is 370 g/mol. The van der Waals surface area contributed by atoms with Gasteiger partial charge in [0, 0.05) is 29.4 Å². The lowest BCUT2D eigenvalue weighted by Gasteiger charge is -2.09. The van der Waals surface area contributed by atoms with Crippen LogP contribution >= 0.6 is 11.6 Å². The molecule has 0 saturated carbocycles. The minimum absolute atomic E-state index is 0.115. The second-order valence-electron chi connectivity index (χ2n) is 5.57. The van der Waals surface area contributed by atoms with Crippen LogP contribution in [-0.4, -0.2) is 10.9 Å². The first-order valence-electron chi connectivity index (χ1n) is 7.99. The summed E-state index contributed by atoms with van der Waals surface area (Å²) in [6.07, 6.45) is 1.53. The maximum Gasteiger partial charge on any atom is 0.224 e. The quantitative estimate of drug-likeness (QED) is 0.693. The van der Waals surface area contributed by atoms with Crippen molar-refractivity contribution in [2.75, 3.05) is 0 Å². The molecule has 3 aromatic rings. The number of amides is 1. The number of carbonyl (C=O) groups is 1. The topological polar surface area (TPSA) is 51.2 Å². The van der Waals surface area contributed by atoms with E-state index in [2.05, 4.69) is 10.3 Å². The van der Waals surface area contributed by atoms with Gasteiger partial charge >= 0.3 is 0 Å². The molecule has 0 aliphatic rings. The molecule has 2 aromatic carbocycles. The van der Waals surface area contributed by atoms with Crippen LogP contribution in [-0.2, 0) is 17.8 Å². The number of aromatic nitrogens is 1. The van der Waals surface area contributed by atoms with E-state index in [1.54, 1.807) is 30.5 Å². The highest BCUT2D eigenvalue weighted by atomic mass is 35.5. The van der Waals surface area contributed by atoms with Crippen molar-refractivity contribution in [3.05, 3.63) is 88.8 Å². The molecular weight excluding hydrogens is 355 g/mol. The van der Waals surface area contributed by atoms with Crippen LogP contribution in [0.3, 0.4) is 0 Å². The van der Waals surface area contributed by atoms with E-state index >= 15 is 0 Å². The van der Waals surface area contributed by atoms with E-state index < -0.39 is 5.82 Å². The number of benzene rings is 2. The van der Waals surface area contributed by atoms with Gasteiger partial charge in [-0.1, -0.05) is 35.9 Å². The third-order valence-electron chi connectivity index (χ3n) is 3.65. The molecule has 0 aliphatic heterocycles. The first-order chi connectivity index (χ1) is 12.6. The zero-order valence-electron chi connectivity index (χ0n) is 13.8. The van der Waals surface area contributed by atoms with Crippen molar-refractivity contribution in [3.8, 4) is 11.6 Å². The Hall–Kier alpha value is -2.92. The minimum atomic E-state index is -0.488. The molecule has 26 heavy (non-hydrogen) atoms. The van der Waals surface area contributed by atoms with Crippen molar-refractivity contribution in [1.82, 2.24) is 10.3 Å². The fourth-order valence-electron chi connectivity index (χ4n) is 2.37. The number of nitrogens with one attached hydrogen (secondary N) is 1. The summed E-state index contributed by atoms with van der Waals surface area (Å²) >= 11 is 5.95. The Morgan fingerprint density at radius 1 is 1.12 bits per heavy atom. The van der Waals surface area contributed by atoms with Crippen LogP contribution in [0, 0.1) is 5.82 Å². The standard InChI is InChI=1S/C20H16ClFN2O2/c21-17-7-4-8-18(22)16(17)12-19(25)24-13-14-5-3-6-15(11-14)26-20-9-1-2-10-23-20/h1-11H,12-13H2,(H,24,25). The maximum absolute atomic E-state index is 13.7. The molecule has 0 fully saturated rings. The summed E-state index contributed by atoms with van der Waals surface area (Å²) in [5.74, 6) is 0.307. The number of hydrogen-bond acceptors (Lipinski definition) is 3. The SMILES string of the molecule is O=C(Cc1c(F)cccc1Cl)NCc1cccc(Oc2ccccn2)c1. The van der Waals surface area contributed by atoms with Crippen molar-refractivity contribution >= 4 is 17.5 Å². The van der Waals surface area contributed by atoms with Gasteiger partial charge in [-0.3, -0.25) is 4.79 Å². The van der Waals surface area contributed by atoms with Crippen molar-refractivity contribution in [2.24, 2.45) is 0 Å². The van der Waals surface area contributed by atoms with E-state index in [4.69, 9.17) is 16.3 Å². The number of hydrogen-bond donors (Lipinski definition) is 1. The number of carbonyl (C=O) groups excluding carboxylic acids is 1. The van der Waals surface area contributed by atoms with E-state index in [1.807, 2.05) is 24.3 Å². The molecule has 4 nitrogen and oxygen atoms in total. The molecule has 132 valence electrons. The molecule has 3 rings (SSSR count). The number of rotatable bonds is 6. The highest BCUT2D eigenvalue weighted by molar-refractivity contribution is 6.31. The third kappa shape index (κ3) is 4.80. The highest BCUT2D eigenvalue weighted by Crippen LogP contribution is 2.21. The lowest BCUT2D eigenvalue weighted by molar-refractivity contribution is -0.120. The lowest BCUT2D eigenvalue weighted by Crippen LogP contribution is -2.25. The molecule has 1 N–H and O–H groups in total. The second-order valence-corrected chi connectivity index (χ2v) is 5.98. The van der Waals surface area contributed by atoms with E-state index in [0.717, 1.165) is 5.56 Å². The van der Waals surface area contributed by atoms with E-state index in [-0.39, 0.29) is 22.9 Å². The lowest BCUT2D eigenvalue weighted by atomic mass is 10.1. The van der Waals surface area contributed by atoms with E-state index in [1.165, 1.54) is 12.1 Å². The van der Waals surface area contributed by atoms with Gasteiger partial charge in [0.05, 0.1) is 6.42 Å². The third-order valence-corrected chi connectivity index (χ3v) is 4.00. The summed E-state index contributed by atoms with van der Waals surface area (Å²) in [5.41, 5.74) is 1.05. The first kappa shape index (κ1) is 17.9. The van der Waals surface area contributed by atoms with Crippen molar-refractivity contribution < 1.29 is 13.9 Å². The molecule has 1 aromatic heterocycles. The average Bonchev–Trinajstić information content (AvgIpc) is 2.64. The number of halogens is 2. The van der Waals surface area contributed by atoms with Gasteiger partial charge in [-0.05, 0) is 35.9 Å². The summed E-state index contributed by atoms with van der Waals surface area (Å²) in [6.45, 7) is 0.296. The average molecular weight is 371 g/mol. The summed E-state index contributed by atoms with van der Waals surface area (Å²) in [7, 11) is 0. The van der Waals surface area contributed by atoms with Crippen molar-refractivity contribution in [2.45, 2.75) is 13.0 Å². The second kappa shape index (κ2) is 8.45. The Labute approximate surface area is 155 Å². The molecule has 0 bridgehead atoms. The zero-order chi connectivity index (χ0) is 18.4. The van der Waals surface area contributed by atoms with Crippen LogP contribution in [0.25, 0.3) is 0 Å². The van der Waals surface area contributed by atoms with Gasteiger partial charge in [-0.2, -0.15) is 0 Å². The summed E-state index contributed by atoms with van der Waals surface area (Å²) in [5, 5.41) is 3.00. The van der Waals surface area contributed by atoms with E-state index in [9.17, 15) is 9.18 Å². The Morgan fingerprint density at radius 2 is 1.96 bits per heavy atom. The van der Waals surface area contributed by atoms with E-state index in [0.29, 0.717) is 18.2 Å². The predicted octanol–water partition coefficient (Wildman–Crippen LogP) is 4.53. The summed E-state index contributed by atoms with van der Waals surface area (Å²) in [6, 6.07) is 17.1. The normalized spacial score (nSPS) is 10.4. The first-order valence-corrected chi connectivity index (χ1v) is 8.37. The molecule has 1 heterocycles. The highest BCUT2D eigenvalue weighted by Gasteiger charge is 2.11. The van der Waals surface area contributed by atoms with Gasteiger partial charge in [0.15, 0.2) is 0 Å². The van der Waals surface area contributed by atoms with Gasteiger partial charge in [-0.15, -0.1) is 0 Å². The smallest absolute Gasteiger partial charge is 0.224 e. The molecule has 0 saturated heterocycles. The van der Waals surface area contributed by atoms with Crippen LogP contribution in [0.2, 0.25) is 5.02 Å². The predicted molar refractivity (Wildman–Crippen MR) is 97.7 cm³/mol. The Morgan fingerprint density at radius 3 is 2.73 bits per heavy atom. The Kier molecular flexibility index (Phi) is 5.81. The van der Waals surface area contributed by atoms with Crippen molar-refractivity contribution in [1.29, 1.82) is 0 Å². The Bertz CT molecular complexity index is 883. The number of pyridine rings is 1. The molecule has 0 unspecified atom stereocenters. The van der Waals surface area contributed by atoms with Gasteiger partial charge in [0.25, 0.3) is 0 Å². The minimum Gasteiger partial charge on any atom is -0.439 e. The molecule has 6 heteroatoms. The number of nitrogens with zero attached hydrogens (tertiary/aromatic N) is 1. The van der Waals surface area contributed by atoms with Gasteiger partial charge in [0.1, 0.15) is 11.6 Å². The zero-order valence-corrected chi connectivity index (χ0v) is 14.5. The summed E-state index contributed by atoms with van der Waals surface area (Å²) < 4.78 is 19.4. The largest absolute Gasteiger partial charge is 0.439 e. The van der Waals surface area contributed by atoms with Gasteiger partial charge < -0.3 is 10.1 Å². The molecule has 1 amide bonds. The van der Waals surface area contributed by atoms with Crippen LogP contribution in [0.4, 0.5) is 4.39 Å². The fraction of sp³-hybridized carbons (Fsp3) is 0.100. The molecule has 0 aliphatic carbocycles. The van der Waals surface area contributed by atoms with Gasteiger partial charge in [-0.25, -0.2) is 9.37 Å². The van der Waals surface area contributed by atoms with Crippen molar-refractivity contribution in [3.63, 3.8) is 0 Å². The number of ether oxygens (including phenoxy) is 1. The molecule has 0 atom stereocenters. The Balaban J connectivity index is 1.59. The fourth-order valence-corrected chi connectivity index (χ4v) is 2.60. The van der Waals surface area contributed by atoms with Gasteiger partial charge in [0.2, 0.25) is 11.8 Å². The van der Waals surface area contributed by atoms with Crippen LogP contribution in [0.1, 0.15) is 11.1 Å². The maximum atomic E-state index is 13.7.